The standard InChI is InChI=1S/C24H19N3O2/c28-24(29)18-10-11-20-21(14-18)26-23(22(25-20)17-7-2-1-3-8-17)27-13-12-16-6-4-5-9-19(16)15-27/h1-11,14H,12-13,15H2,(H,28,29). The third-order valence-corrected chi connectivity index (χ3v) is 5.37. The molecule has 29 heavy (non-hydrogen) atoms. The first kappa shape index (κ1) is 17.4. The predicted octanol–water partition coefficient (Wildman–Crippen LogP) is 4.56. The normalized spacial score (nSPS) is 13.3. The summed E-state index contributed by atoms with van der Waals surface area (Å²) in [5, 5.41) is 9.35. The van der Waals surface area contributed by atoms with Gasteiger partial charge in [-0.2, -0.15) is 0 Å². The van der Waals surface area contributed by atoms with Crippen LogP contribution in [0.3, 0.4) is 0 Å². The molecule has 0 spiro atoms. The van der Waals surface area contributed by atoms with Crippen LogP contribution in [0.1, 0.15) is 21.5 Å². The van der Waals surface area contributed by atoms with E-state index in [-0.39, 0.29) is 5.56 Å². The van der Waals surface area contributed by atoms with Gasteiger partial charge in [0, 0.05) is 18.7 Å². The summed E-state index contributed by atoms with van der Waals surface area (Å²) in [6.45, 7) is 1.60. The van der Waals surface area contributed by atoms with Crippen molar-refractivity contribution >= 4 is 22.8 Å². The second kappa shape index (κ2) is 7.02. The van der Waals surface area contributed by atoms with E-state index in [4.69, 9.17) is 9.97 Å². The monoisotopic (exact) mass is 381 g/mol. The Bertz CT molecular complexity index is 1220. The Hall–Kier alpha value is -3.73. The number of rotatable bonds is 3. The Kier molecular flexibility index (Phi) is 4.21. The van der Waals surface area contributed by atoms with Crippen LogP contribution in [0.2, 0.25) is 0 Å². The number of carboxylic acids is 1. The lowest BCUT2D eigenvalue weighted by Crippen LogP contribution is -2.31. The molecule has 0 unspecified atom stereocenters. The van der Waals surface area contributed by atoms with Crippen molar-refractivity contribution in [3.8, 4) is 11.3 Å². The topological polar surface area (TPSA) is 66.3 Å². The Morgan fingerprint density at radius 1 is 0.862 bits per heavy atom. The summed E-state index contributed by atoms with van der Waals surface area (Å²) >= 11 is 0. The third-order valence-electron chi connectivity index (χ3n) is 5.37. The van der Waals surface area contributed by atoms with Gasteiger partial charge in [0.05, 0.1) is 16.6 Å². The fraction of sp³-hybridized carbons (Fsp3) is 0.125. The van der Waals surface area contributed by atoms with Gasteiger partial charge in [-0.05, 0) is 35.7 Å². The van der Waals surface area contributed by atoms with E-state index in [9.17, 15) is 9.90 Å². The molecule has 0 atom stereocenters. The SMILES string of the molecule is O=C(O)c1ccc2nc(-c3ccccc3)c(N3CCc4ccccc4C3)nc2c1. The van der Waals surface area contributed by atoms with Gasteiger partial charge in [-0.25, -0.2) is 14.8 Å². The molecule has 0 amide bonds. The molecule has 5 rings (SSSR count). The van der Waals surface area contributed by atoms with Gasteiger partial charge in [-0.1, -0.05) is 54.6 Å². The molecule has 0 saturated carbocycles. The highest BCUT2D eigenvalue weighted by Crippen LogP contribution is 2.33. The molecule has 1 N–H and O–H groups in total. The quantitative estimate of drug-likeness (QED) is 0.564. The zero-order valence-corrected chi connectivity index (χ0v) is 15.7. The number of aromatic carboxylic acids is 1. The average molecular weight is 381 g/mol. The van der Waals surface area contributed by atoms with Crippen LogP contribution >= 0.6 is 0 Å². The molecule has 2 heterocycles. The van der Waals surface area contributed by atoms with Crippen molar-refractivity contribution in [1.29, 1.82) is 0 Å². The molecule has 3 aromatic carbocycles. The Balaban J connectivity index is 1.68. The maximum atomic E-state index is 11.4. The lowest BCUT2D eigenvalue weighted by atomic mass is 9.99. The van der Waals surface area contributed by atoms with Crippen LogP contribution < -0.4 is 4.90 Å². The summed E-state index contributed by atoms with van der Waals surface area (Å²) in [4.78, 5) is 23.4. The van der Waals surface area contributed by atoms with Gasteiger partial charge in [0.1, 0.15) is 5.69 Å². The van der Waals surface area contributed by atoms with Crippen LogP contribution in [0, 0.1) is 0 Å². The summed E-state index contributed by atoms with van der Waals surface area (Å²) < 4.78 is 0. The molecule has 142 valence electrons. The summed E-state index contributed by atoms with van der Waals surface area (Å²) in [6, 6.07) is 23.4. The van der Waals surface area contributed by atoms with E-state index in [0.29, 0.717) is 11.0 Å². The largest absolute Gasteiger partial charge is 0.478 e. The van der Waals surface area contributed by atoms with Gasteiger partial charge in [0.2, 0.25) is 0 Å². The lowest BCUT2D eigenvalue weighted by molar-refractivity contribution is 0.0697. The van der Waals surface area contributed by atoms with Crippen LogP contribution in [-0.2, 0) is 13.0 Å². The zero-order valence-electron chi connectivity index (χ0n) is 15.7. The van der Waals surface area contributed by atoms with Crippen LogP contribution in [0.15, 0.2) is 72.8 Å². The number of carboxylic acid groups (broad SMARTS) is 1. The van der Waals surface area contributed by atoms with Crippen LogP contribution in [-0.4, -0.2) is 27.6 Å². The van der Waals surface area contributed by atoms with Crippen molar-refractivity contribution in [2.45, 2.75) is 13.0 Å². The third kappa shape index (κ3) is 3.21. The molecule has 0 fully saturated rings. The first-order chi connectivity index (χ1) is 14.2. The van der Waals surface area contributed by atoms with Crippen LogP contribution in [0.4, 0.5) is 5.82 Å². The number of fused-ring (bicyclic) bond motifs is 2. The number of nitrogens with zero attached hydrogens (tertiary/aromatic N) is 3. The van der Waals surface area contributed by atoms with Gasteiger partial charge in [-0.15, -0.1) is 0 Å². The molecule has 5 heteroatoms. The predicted molar refractivity (Wildman–Crippen MR) is 113 cm³/mol. The highest BCUT2D eigenvalue weighted by Gasteiger charge is 2.22. The van der Waals surface area contributed by atoms with E-state index in [0.717, 1.165) is 36.6 Å². The number of carbonyl (C=O) groups is 1. The van der Waals surface area contributed by atoms with Crippen molar-refractivity contribution < 1.29 is 9.90 Å². The van der Waals surface area contributed by atoms with Crippen molar-refractivity contribution in [1.82, 2.24) is 9.97 Å². The zero-order chi connectivity index (χ0) is 19.8. The molecule has 0 radical (unpaired) electrons. The maximum absolute atomic E-state index is 11.4. The fourth-order valence-electron chi connectivity index (χ4n) is 3.86. The van der Waals surface area contributed by atoms with E-state index in [1.807, 2.05) is 30.3 Å². The average Bonchev–Trinajstić information content (AvgIpc) is 2.78. The Morgan fingerprint density at radius 3 is 2.41 bits per heavy atom. The van der Waals surface area contributed by atoms with Crippen LogP contribution in [0.5, 0.6) is 0 Å². The molecule has 1 aliphatic rings. The summed E-state index contributed by atoms with van der Waals surface area (Å²) in [7, 11) is 0. The molecule has 0 saturated heterocycles. The Morgan fingerprint density at radius 2 is 1.62 bits per heavy atom. The number of anilines is 1. The van der Waals surface area contributed by atoms with Crippen molar-refractivity contribution in [2.75, 3.05) is 11.4 Å². The van der Waals surface area contributed by atoms with Gasteiger partial charge in [-0.3, -0.25) is 0 Å². The van der Waals surface area contributed by atoms with E-state index in [1.54, 1.807) is 18.2 Å². The minimum atomic E-state index is -0.964. The molecule has 1 aromatic heterocycles. The van der Waals surface area contributed by atoms with Gasteiger partial charge in [0.25, 0.3) is 0 Å². The highest BCUT2D eigenvalue weighted by molar-refractivity contribution is 5.93. The molecule has 5 nitrogen and oxygen atoms in total. The van der Waals surface area contributed by atoms with Crippen molar-refractivity contribution in [3.63, 3.8) is 0 Å². The van der Waals surface area contributed by atoms with Crippen LogP contribution in [0.25, 0.3) is 22.3 Å². The molecular weight excluding hydrogens is 362 g/mol. The number of aromatic nitrogens is 2. The molecular formula is C24H19N3O2. The highest BCUT2D eigenvalue weighted by atomic mass is 16.4. The van der Waals surface area contributed by atoms with Crippen molar-refractivity contribution in [2.24, 2.45) is 0 Å². The Labute approximate surface area is 168 Å². The summed E-state index contributed by atoms with van der Waals surface area (Å²) in [6.07, 6.45) is 0.944. The number of hydrogen-bond acceptors (Lipinski definition) is 4. The second-order valence-corrected chi connectivity index (χ2v) is 7.21. The van der Waals surface area contributed by atoms with E-state index in [2.05, 4.69) is 29.2 Å². The molecule has 0 bridgehead atoms. The fourth-order valence-corrected chi connectivity index (χ4v) is 3.86. The summed E-state index contributed by atoms with van der Waals surface area (Å²) in [5.41, 5.74) is 5.98. The van der Waals surface area contributed by atoms with Gasteiger partial charge < -0.3 is 10.0 Å². The minimum absolute atomic E-state index is 0.217. The number of benzene rings is 3. The maximum Gasteiger partial charge on any atom is 0.335 e. The molecule has 1 aliphatic heterocycles. The summed E-state index contributed by atoms with van der Waals surface area (Å²) in [5.74, 6) is -0.171. The molecule has 4 aromatic rings. The van der Waals surface area contributed by atoms with E-state index < -0.39 is 5.97 Å². The second-order valence-electron chi connectivity index (χ2n) is 7.21. The number of hydrogen-bond donors (Lipinski definition) is 1. The minimum Gasteiger partial charge on any atom is -0.478 e. The lowest BCUT2D eigenvalue weighted by Gasteiger charge is -2.31. The first-order valence-corrected chi connectivity index (χ1v) is 9.61. The molecule has 0 aliphatic carbocycles. The smallest absolute Gasteiger partial charge is 0.335 e. The van der Waals surface area contributed by atoms with E-state index >= 15 is 0 Å². The van der Waals surface area contributed by atoms with Crippen molar-refractivity contribution in [3.05, 3.63) is 89.5 Å². The van der Waals surface area contributed by atoms with Gasteiger partial charge in [0.15, 0.2) is 5.82 Å². The van der Waals surface area contributed by atoms with Gasteiger partial charge >= 0.3 is 5.97 Å². The first-order valence-electron chi connectivity index (χ1n) is 9.61. The van der Waals surface area contributed by atoms with E-state index in [1.165, 1.54) is 11.1 Å².